The van der Waals surface area contributed by atoms with Gasteiger partial charge < -0.3 is 9.47 Å². The highest BCUT2D eigenvalue weighted by Gasteiger charge is 2.28. The van der Waals surface area contributed by atoms with Crippen molar-refractivity contribution < 1.29 is 19.1 Å². The SMILES string of the molecule is CC(C)/C(C(=O)Oc1ccc2ccccc2c1)=C(/C(=O)Oc1ccc2ccccc2c1)C(C)C. The second-order valence-corrected chi connectivity index (χ2v) is 8.93. The number of carbonyl (C=O) groups is 2. The molecule has 0 aliphatic rings. The first-order valence-corrected chi connectivity index (χ1v) is 11.5. The standard InChI is InChI=1S/C30H28O4/c1-19(2)27(29(31)33-25-15-13-21-9-5-7-11-23(21)17-25)28(20(3)4)30(32)34-26-16-14-22-10-6-8-12-24(22)18-26/h5-20H,1-4H3/b28-27-. The van der Waals surface area contributed by atoms with E-state index in [2.05, 4.69) is 0 Å². The smallest absolute Gasteiger partial charge is 0.340 e. The Morgan fingerprint density at radius 1 is 0.529 bits per heavy atom. The molecule has 4 aromatic carbocycles. The van der Waals surface area contributed by atoms with Crippen molar-refractivity contribution in [2.24, 2.45) is 11.8 Å². The fourth-order valence-electron chi connectivity index (χ4n) is 4.10. The zero-order chi connectivity index (χ0) is 24.2. The zero-order valence-corrected chi connectivity index (χ0v) is 19.9. The van der Waals surface area contributed by atoms with Crippen LogP contribution in [0.3, 0.4) is 0 Å². The molecule has 0 aliphatic heterocycles. The van der Waals surface area contributed by atoms with E-state index in [1.807, 2.05) is 100 Å². The van der Waals surface area contributed by atoms with Gasteiger partial charge in [-0.05, 0) is 57.6 Å². The highest BCUT2D eigenvalue weighted by molar-refractivity contribution is 6.02. The molecule has 0 atom stereocenters. The summed E-state index contributed by atoms with van der Waals surface area (Å²) in [6.45, 7) is 7.51. The summed E-state index contributed by atoms with van der Waals surface area (Å²) in [4.78, 5) is 26.6. The molecule has 0 saturated carbocycles. The van der Waals surface area contributed by atoms with Crippen molar-refractivity contribution in [3.05, 3.63) is 96.1 Å². The summed E-state index contributed by atoms with van der Waals surface area (Å²) in [5, 5.41) is 4.07. The predicted octanol–water partition coefficient (Wildman–Crippen LogP) is 7.11. The molecule has 0 radical (unpaired) electrons. The van der Waals surface area contributed by atoms with Crippen LogP contribution < -0.4 is 9.47 Å². The molecule has 34 heavy (non-hydrogen) atoms. The molecule has 4 rings (SSSR count). The molecule has 0 fully saturated rings. The van der Waals surface area contributed by atoms with E-state index < -0.39 is 11.9 Å². The van der Waals surface area contributed by atoms with E-state index in [0.29, 0.717) is 22.6 Å². The Morgan fingerprint density at radius 3 is 1.24 bits per heavy atom. The van der Waals surface area contributed by atoms with Crippen LogP contribution in [0.1, 0.15) is 27.7 Å². The van der Waals surface area contributed by atoms with Crippen LogP contribution in [-0.2, 0) is 9.59 Å². The molecular formula is C30H28O4. The van der Waals surface area contributed by atoms with E-state index >= 15 is 0 Å². The maximum absolute atomic E-state index is 13.3. The third-order valence-electron chi connectivity index (χ3n) is 5.75. The maximum atomic E-state index is 13.3. The molecule has 4 nitrogen and oxygen atoms in total. The monoisotopic (exact) mass is 452 g/mol. The fraction of sp³-hybridized carbons (Fsp3) is 0.200. The van der Waals surface area contributed by atoms with Crippen molar-refractivity contribution >= 4 is 33.5 Å². The first-order valence-electron chi connectivity index (χ1n) is 11.5. The van der Waals surface area contributed by atoms with Gasteiger partial charge in [0, 0.05) is 0 Å². The number of ether oxygens (including phenoxy) is 2. The first kappa shape index (κ1) is 23.2. The average Bonchev–Trinajstić information content (AvgIpc) is 2.81. The number of benzene rings is 4. The van der Waals surface area contributed by atoms with Crippen molar-refractivity contribution in [3.63, 3.8) is 0 Å². The van der Waals surface area contributed by atoms with Gasteiger partial charge in [0.1, 0.15) is 11.5 Å². The Balaban J connectivity index is 1.65. The van der Waals surface area contributed by atoms with Crippen LogP contribution in [0.2, 0.25) is 0 Å². The van der Waals surface area contributed by atoms with E-state index in [1.165, 1.54) is 0 Å². The Hall–Kier alpha value is -3.92. The minimum atomic E-state index is -0.538. The number of hydrogen-bond acceptors (Lipinski definition) is 4. The van der Waals surface area contributed by atoms with Gasteiger partial charge >= 0.3 is 11.9 Å². The van der Waals surface area contributed by atoms with Gasteiger partial charge in [-0.15, -0.1) is 0 Å². The van der Waals surface area contributed by atoms with Crippen LogP contribution in [0.15, 0.2) is 96.1 Å². The Labute approximate surface area is 199 Å². The number of carbonyl (C=O) groups excluding carboxylic acids is 2. The van der Waals surface area contributed by atoms with Crippen LogP contribution in [-0.4, -0.2) is 11.9 Å². The molecule has 0 N–H and O–H groups in total. The van der Waals surface area contributed by atoms with E-state index in [9.17, 15) is 9.59 Å². The van der Waals surface area contributed by atoms with E-state index in [0.717, 1.165) is 21.5 Å². The molecule has 0 unspecified atom stereocenters. The lowest BCUT2D eigenvalue weighted by molar-refractivity contribution is -0.134. The molecule has 4 heteroatoms. The second kappa shape index (κ2) is 9.92. The summed E-state index contributed by atoms with van der Waals surface area (Å²) in [7, 11) is 0. The Morgan fingerprint density at radius 2 is 0.882 bits per heavy atom. The second-order valence-electron chi connectivity index (χ2n) is 8.93. The Bertz CT molecular complexity index is 1290. The van der Waals surface area contributed by atoms with Gasteiger partial charge in [-0.2, -0.15) is 0 Å². The lowest BCUT2D eigenvalue weighted by Gasteiger charge is -2.19. The van der Waals surface area contributed by atoms with Crippen LogP contribution in [0.4, 0.5) is 0 Å². The number of fused-ring (bicyclic) bond motifs is 2. The average molecular weight is 453 g/mol. The summed E-state index contributed by atoms with van der Waals surface area (Å²) < 4.78 is 11.5. The summed E-state index contributed by atoms with van der Waals surface area (Å²) in [5.41, 5.74) is 0.655. The lowest BCUT2D eigenvalue weighted by atomic mass is 9.90. The number of rotatable bonds is 6. The first-order chi connectivity index (χ1) is 16.3. The number of hydrogen-bond donors (Lipinski definition) is 0. The van der Waals surface area contributed by atoms with Crippen LogP contribution in [0, 0.1) is 11.8 Å². The lowest BCUT2D eigenvalue weighted by Crippen LogP contribution is -2.25. The van der Waals surface area contributed by atoms with Gasteiger partial charge in [-0.3, -0.25) is 0 Å². The van der Waals surface area contributed by atoms with E-state index in [1.54, 1.807) is 12.1 Å². The molecule has 0 aliphatic carbocycles. The largest absolute Gasteiger partial charge is 0.423 e. The van der Waals surface area contributed by atoms with Crippen LogP contribution >= 0.6 is 0 Å². The third kappa shape index (κ3) is 5.01. The maximum Gasteiger partial charge on any atom is 0.340 e. The van der Waals surface area contributed by atoms with Crippen LogP contribution in [0.5, 0.6) is 11.5 Å². The van der Waals surface area contributed by atoms with Gasteiger partial charge in [-0.1, -0.05) is 88.4 Å². The van der Waals surface area contributed by atoms with Crippen LogP contribution in [0.25, 0.3) is 21.5 Å². The topological polar surface area (TPSA) is 52.6 Å². The van der Waals surface area contributed by atoms with Gasteiger partial charge in [0.25, 0.3) is 0 Å². The molecule has 0 spiro atoms. The van der Waals surface area contributed by atoms with Crippen molar-refractivity contribution in [2.75, 3.05) is 0 Å². The van der Waals surface area contributed by atoms with Gasteiger partial charge in [0.05, 0.1) is 11.1 Å². The highest BCUT2D eigenvalue weighted by Crippen LogP contribution is 2.28. The molecule has 0 amide bonds. The van der Waals surface area contributed by atoms with Crippen molar-refractivity contribution in [1.82, 2.24) is 0 Å². The van der Waals surface area contributed by atoms with E-state index in [4.69, 9.17) is 9.47 Å². The Kier molecular flexibility index (Phi) is 6.78. The van der Waals surface area contributed by atoms with Crippen molar-refractivity contribution in [3.8, 4) is 11.5 Å². The number of esters is 2. The van der Waals surface area contributed by atoms with Crippen molar-refractivity contribution in [1.29, 1.82) is 0 Å². The predicted molar refractivity (Wildman–Crippen MR) is 136 cm³/mol. The normalized spacial score (nSPS) is 12.2. The molecule has 0 saturated heterocycles. The molecule has 0 aromatic heterocycles. The molecule has 4 aromatic rings. The third-order valence-corrected chi connectivity index (χ3v) is 5.75. The fourth-order valence-corrected chi connectivity index (χ4v) is 4.10. The van der Waals surface area contributed by atoms with Gasteiger partial charge in [0.15, 0.2) is 0 Å². The zero-order valence-electron chi connectivity index (χ0n) is 19.9. The molecule has 0 bridgehead atoms. The van der Waals surface area contributed by atoms with Crippen molar-refractivity contribution in [2.45, 2.75) is 27.7 Å². The molecular weight excluding hydrogens is 424 g/mol. The minimum absolute atomic E-state index is 0.227. The van der Waals surface area contributed by atoms with Gasteiger partial charge in [0.2, 0.25) is 0 Å². The molecule has 172 valence electrons. The summed E-state index contributed by atoms with van der Waals surface area (Å²) in [6, 6.07) is 26.7. The highest BCUT2D eigenvalue weighted by atomic mass is 16.5. The van der Waals surface area contributed by atoms with E-state index in [-0.39, 0.29) is 11.8 Å². The van der Waals surface area contributed by atoms with Gasteiger partial charge in [-0.25, -0.2) is 9.59 Å². The summed E-state index contributed by atoms with van der Waals surface area (Å²) in [6.07, 6.45) is 0. The molecule has 0 heterocycles. The quantitative estimate of drug-likeness (QED) is 0.178. The summed E-state index contributed by atoms with van der Waals surface area (Å²) in [5.74, 6) is -0.654. The summed E-state index contributed by atoms with van der Waals surface area (Å²) >= 11 is 0. The minimum Gasteiger partial charge on any atom is -0.423 e.